The van der Waals surface area contributed by atoms with Crippen LogP contribution in [0.4, 0.5) is 0 Å². The summed E-state index contributed by atoms with van der Waals surface area (Å²) >= 11 is 0. The highest BCUT2D eigenvalue weighted by Gasteiger charge is 2.44. The first kappa shape index (κ1) is 51.9. The second-order valence-corrected chi connectivity index (χ2v) is 16.1. The van der Waals surface area contributed by atoms with E-state index in [-0.39, 0.29) is 6.42 Å². The predicted molar refractivity (Wildman–Crippen MR) is 219 cm³/mol. The summed E-state index contributed by atoms with van der Waals surface area (Å²) in [7, 11) is 0. The monoisotopic (exact) mass is 788 g/mol. The van der Waals surface area contributed by atoms with Crippen LogP contribution in [0.1, 0.15) is 194 Å². The number of nitrogens with one attached hydrogen (secondary N) is 1. The first-order valence-electron chi connectivity index (χ1n) is 22.6. The number of ether oxygens (including phenoxy) is 2. The molecule has 0 aromatic heterocycles. The van der Waals surface area contributed by atoms with Gasteiger partial charge >= 0.3 is 0 Å². The van der Waals surface area contributed by atoms with Crippen LogP contribution in [-0.4, -0.2) is 110 Å². The van der Waals surface area contributed by atoms with Crippen molar-refractivity contribution in [2.45, 2.75) is 249 Å². The number of aliphatic hydroxyl groups excluding tert-OH is 7. The number of aliphatic hydroxyl groups is 7. The van der Waals surface area contributed by atoms with Crippen molar-refractivity contribution in [2.24, 2.45) is 0 Å². The standard InChI is InChI=1S/C44H85NO10/c1-3-5-7-9-11-13-15-16-17-18-19-20-22-24-26-28-30-32-37(48)43(53)45-35(34-54-44-42(52)41(51)40(50)38(33-46)55-44)39(49)36(47)31-29-27-25-23-21-14-12-10-8-6-4-2/h19-20,35-42,44,46-52H,3-18,21-34H2,1-2H3,(H,45,53)/b20-19-. The smallest absolute Gasteiger partial charge is 0.249 e. The molecule has 1 rings (SSSR count). The fourth-order valence-electron chi connectivity index (χ4n) is 7.26. The van der Waals surface area contributed by atoms with Crippen LogP contribution < -0.4 is 5.32 Å². The number of allylic oxidation sites excluding steroid dienone is 2. The molecule has 55 heavy (non-hydrogen) atoms. The minimum atomic E-state index is -1.66. The Morgan fingerprint density at radius 3 is 1.53 bits per heavy atom. The predicted octanol–water partition coefficient (Wildman–Crippen LogP) is 6.89. The maximum Gasteiger partial charge on any atom is 0.249 e. The van der Waals surface area contributed by atoms with Crippen molar-refractivity contribution < 1.29 is 50.0 Å². The first-order valence-corrected chi connectivity index (χ1v) is 22.6. The summed E-state index contributed by atoms with van der Waals surface area (Å²) in [6, 6.07) is -1.17. The maximum absolute atomic E-state index is 13.0. The number of hydrogen-bond acceptors (Lipinski definition) is 10. The zero-order chi connectivity index (χ0) is 40.5. The highest BCUT2D eigenvalue weighted by atomic mass is 16.7. The van der Waals surface area contributed by atoms with Gasteiger partial charge in [-0.1, -0.05) is 167 Å². The molecule has 9 atom stereocenters. The molecule has 8 N–H and O–H groups in total. The van der Waals surface area contributed by atoms with Crippen molar-refractivity contribution in [3.8, 4) is 0 Å². The SMILES string of the molecule is CCCCCCCCCCC/C=C\CCCCCCC(O)C(=O)NC(COC1OC(CO)C(O)C(O)C1O)C(O)C(O)CCCCCCCCCCCCC. The Balaban J connectivity index is 2.47. The van der Waals surface area contributed by atoms with E-state index in [1.807, 2.05) is 0 Å². The van der Waals surface area contributed by atoms with Gasteiger partial charge in [0, 0.05) is 0 Å². The largest absolute Gasteiger partial charge is 0.394 e. The van der Waals surface area contributed by atoms with Crippen LogP contribution in [0.3, 0.4) is 0 Å². The molecule has 1 heterocycles. The quantitative estimate of drug-likeness (QED) is 0.0243. The number of amides is 1. The van der Waals surface area contributed by atoms with Gasteiger partial charge in [0.1, 0.15) is 36.6 Å². The lowest BCUT2D eigenvalue weighted by atomic mass is 9.98. The molecule has 0 radical (unpaired) electrons. The van der Waals surface area contributed by atoms with Crippen LogP contribution in [0.15, 0.2) is 12.2 Å². The van der Waals surface area contributed by atoms with E-state index >= 15 is 0 Å². The molecule has 11 heteroatoms. The lowest BCUT2D eigenvalue weighted by Crippen LogP contribution is -2.60. The van der Waals surface area contributed by atoms with Crippen LogP contribution in [0.2, 0.25) is 0 Å². The van der Waals surface area contributed by atoms with Crippen molar-refractivity contribution in [3.63, 3.8) is 0 Å². The van der Waals surface area contributed by atoms with E-state index in [4.69, 9.17) is 9.47 Å². The Morgan fingerprint density at radius 1 is 0.618 bits per heavy atom. The summed E-state index contributed by atoms with van der Waals surface area (Å²) in [6.07, 6.45) is 24.0. The van der Waals surface area contributed by atoms with Gasteiger partial charge in [0.2, 0.25) is 5.91 Å². The van der Waals surface area contributed by atoms with E-state index in [2.05, 4.69) is 31.3 Å². The number of rotatable bonds is 37. The average molecular weight is 788 g/mol. The van der Waals surface area contributed by atoms with E-state index in [9.17, 15) is 40.5 Å². The molecule has 0 spiro atoms. The van der Waals surface area contributed by atoms with Crippen LogP contribution >= 0.6 is 0 Å². The summed E-state index contributed by atoms with van der Waals surface area (Å²) in [5, 5.41) is 75.5. The van der Waals surface area contributed by atoms with Crippen LogP contribution in [0, 0.1) is 0 Å². The van der Waals surface area contributed by atoms with Crippen molar-refractivity contribution in [1.82, 2.24) is 5.32 Å². The second kappa shape index (κ2) is 34.9. The van der Waals surface area contributed by atoms with Gasteiger partial charge in [0.25, 0.3) is 0 Å². The average Bonchev–Trinajstić information content (AvgIpc) is 3.18. The maximum atomic E-state index is 13.0. The molecule has 0 bridgehead atoms. The molecule has 11 nitrogen and oxygen atoms in total. The summed E-state index contributed by atoms with van der Waals surface area (Å²) in [5.41, 5.74) is 0. The number of carbonyl (C=O) groups is 1. The first-order chi connectivity index (χ1) is 26.7. The third-order valence-corrected chi connectivity index (χ3v) is 11.1. The highest BCUT2D eigenvalue weighted by Crippen LogP contribution is 2.23. The van der Waals surface area contributed by atoms with Crippen molar-refractivity contribution in [3.05, 3.63) is 12.2 Å². The van der Waals surface area contributed by atoms with Gasteiger partial charge in [-0.15, -0.1) is 0 Å². The zero-order valence-electron chi connectivity index (χ0n) is 34.9. The summed E-state index contributed by atoms with van der Waals surface area (Å²) in [4.78, 5) is 13.0. The fraction of sp³-hybridized carbons (Fsp3) is 0.932. The van der Waals surface area contributed by atoms with Crippen LogP contribution in [0.25, 0.3) is 0 Å². The van der Waals surface area contributed by atoms with Gasteiger partial charge in [0.15, 0.2) is 6.29 Å². The van der Waals surface area contributed by atoms with Gasteiger partial charge in [-0.3, -0.25) is 4.79 Å². The van der Waals surface area contributed by atoms with E-state index in [1.165, 1.54) is 103 Å². The Labute approximate surface area is 334 Å². The van der Waals surface area contributed by atoms with E-state index in [0.717, 1.165) is 51.4 Å². The Hall–Kier alpha value is -1.15. The second-order valence-electron chi connectivity index (χ2n) is 16.1. The van der Waals surface area contributed by atoms with Crippen molar-refractivity contribution in [1.29, 1.82) is 0 Å². The van der Waals surface area contributed by atoms with E-state index < -0.39 is 74.2 Å². The third-order valence-electron chi connectivity index (χ3n) is 11.1. The number of hydrogen-bond donors (Lipinski definition) is 8. The molecule has 1 aliphatic heterocycles. The van der Waals surface area contributed by atoms with Gasteiger partial charge in [-0.05, 0) is 38.5 Å². The topological polar surface area (TPSA) is 189 Å². The van der Waals surface area contributed by atoms with Gasteiger partial charge < -0.3 is 50.5 Å². The lowest BCUT2D eigenvalue weighted by molar-refractivity contribution is -0.303. The zero-order valence-corrected chi connectivity index (χ0v) is 34.9. The fourth-order valence-corrected chi connectivity index (χ4v) is 7.26. The number of unbranched alkanes of at least 4 members (excludes halogenated alkanes) is 23. The minimum absolute atomic E-state index is 0.248. The molecular formula is C44H85NO10. The molecule has 0 aliphatic carbocycles. The lowest BCUT2D eigenvalue weighted by Gasteiger charge is -2.40. The third kappa shape index (κ3) is 25.1. The molecule has 1 amide bonds. The van der Waals surface area contributed by atoms with E-state index in [1.54, 1.807) is 0 Å². The number of carbonyl (C=O) groups excluding carboxylic acids is 1. The van der Waals surface area contributed by atoms with Gasteiger partial charge in [-0.25, -0.2) is 0 Å². The Morgan fingerprint density at radius 2 is 1.05 bits per heavy atom. The van der Waals surface area contributed by atoms with Gasteiger partial charge in [-0.2, -0.15) is 0 Å². The molecule has 0 saturated carbocycles. The van der Waals surface area contributed by atoms with Crippen LogP contribution in [0.5, 0.6) is 0 Å². The highest BCUT2D eigenvalue weighted by molar-refractivity contribution is 5.80. The molecule has 0 aromatic carbocycles. The minimum Gasteiger partial charge on any atom is -0.394 e. The molecule has 9 unspecified atom stereocenters. The van der Waals surface area contributed by atoms with E-state index in [0.29, 0.717) is 19.3 Å². The normalized spacial score (nSPS) is 22.5. The van der Waals surface area contributed by atoms with Gasteiger partial charge in [0.05, 0.1) is 25.4 Å². The molecule has 1 aliphatic rings. The Kier molecular flexibility index (Phi) is 32.9. The molecule has 0 aromatic rings. The summed E-state index contributed by atoms with van der Waals surface area (Å²) < 4.78 is 11.1. The van der Waals surface area contributed by atoms with Crippen molar-refractivity contribution >= 4 is 5.91 Å². The Bertz CT molecular complexity index is 908. The molecule has 326 valence electrons. The van der Waals surface area contributed by atoms with Crippen molar-refractivity contribution in [2.75, 3.05) is 13.2 Å². The van der Waals surface area contributed by atoms with Crippen LogP contribution in [-0.2, 0) is 14.3 Å². The molecule has 1 saturated heterocycles. The molecule has 1 fully saturated rings. The summed E-state index contributed by atoms with van der Waals surface area (Å²) in [5.74, 6) is -0.706. The molecular weight excluding hydrogens is 702 g/mol. The summed E-state index contributed by atoms with van der Waals surface area (Å²) in [6.45, 7) is 3.41.